The third kappa shape index (κ3) is 1.96. The predicted octanol–water partition coefficient (Wildman–Crippen LogP) is 1.98. The fourth-order valence-electron chi connectivity index (χ4n) is 2.69. The van der Waals surface area contributed by atoms with Gasteiger partial charge in [0.15, 0.2) is 0 Å². The van der Waals surface area contributed by atoms with Gasteiger partial charge in [0.25, 0.3) is 10.6 Å². The molecule has 3 heterocycles. The van der Waals surface area contributed by atoms with Crippen LogP contribution < -0.4 is 15.7 Å². The van der Waals surface area contributed by atoms with Gasteiger partial charge in [-0.3, -0.25) is 4.79 Å². The number of nitrogens with two attached hydrogens (primary N) is 1. The van der Waals surface area contributed by atoms with Crippen LogP contribution in [0, 0.1) is 17.1 Å². The molecule has 0 unspecified atom stereocenters. The maximum atomic E-state index is 13.3. The summed E-state index contributed by atoms with van der Waals surface area (Å²) in [7, 11) is 0. The Morgan fingerprint density at radius 1 is 1.33 bits per heavy atom. The number of thiazole rings is 1. The molecule has 8 heteroatoms. The normalized spacial score (nSPS) is 11.0. The van der Waals surface area contributed by atoms with E-state index >= 15 is 0 Å². The van der Waals surface area contributed by atoms with Gasteiger partial charge < -0.3 is 5.73 Å². The molecule has 0 aliphatic rings. The fourth-order valence-corrected chi connectivity index (χ4v) is 3.42. The number of anilines is 1. The second-order valence-corrected chi connectivity index (χ2v) is 5.99. The molecular weight excluding hydrogens is 329 g/mol. The van der Waals surface area contributed by atoms with E-state index in [-0.39, 0.29) is 22.3 Å². The molecule has 0 spiro atoms. The molecule has 3 aromatic heterocycles. The van der Waals surface area contributed by atoms with Crippen molar-refractivity contribution < 1.29 is 8.79 Å². The van der Waals surface area contributed by atoms with Crippen LogP contribution in [0.2, 0.25) is 0 Å². The zero-order chi connectivity index (χ0) is 16.8. The Balaban J connectivity index is 2.27. The number of fused-ring (bicyclic) bond motifs is 3. The molecule has 0 fully saturated rings. The highest BCUT2D eigenvalue weighted by Gasteiger charge is 2.24. The lowest BCUT2D eigenvalue weighted by Gasteiger charge is -2.07. The number of aromatic nitrogens is 3. The summed E-state index contributed by atoms with van der Waals surface area (Å²) in [6.45, 7) is 0. The van der Waals surface area contributed by atoms with Gasteiger partial charge in [0.2, 0.25) is 5.82 Å². The lowest BCUT2D eigenvalue weighted by atomic mass is 9.98. The molecule has 0 aliphatic heterocycles. The van der Waals surface area contributed by atoms with Gasteiger partial charge in [-0.05, 0) is 17.7 Å². The number of halogens is 1. The van der Waals surface area contributed by atoms with Crippen molar-refractivity contribution in [2.45, 2.75) is 0 Å². The van der Waals surface area contributed by atoms with E-state index in [4.69, 9.17) is 5.73 Å². The molecule has 6 nitrogen and oxygen atoms in total. The smallest absolute Gasteiger partial charge is 0.319 e. The highest BCUT2D eigenvalue weighted by Crippen LogP contribution is 2.31. The molecule has 0 aliphatic carbocycles. The van der Waals surface area contributed by atoms with Crippen LogP contribution in [0.5, 0.6) is 0 Å². The number of nitrogens with zero attached hydrogens (tertiary/aromatic N) is 3. The lowest BCUT2D eigenvalue weighted by Crippen LogP contribution is -2.28. The minimum absolute atomic E-state index is 0.0231. The standard InChI is InChI=1S/C16H8FN5OS/c17-9-3-1-8(2-4-9)11-10(7-18)13(19)20-14-12(11)15(23)21-16-22(14)5-6-24-16/h1-6H,(H2,19,20,23)/p+1. The van der Waals surface area contributed by atoms with Crippen molar-refractivity contribution in [3.8, 4) is 17.2 Å². The summed E-state index contributed by atoms with van der Waals surface area (Å²) in [5, 5.41) is 11.5. The van der Waals surface area contributed by atoms with Gasteiger partial charge in [0.05, 0.1) is 6.20 Å². The second kappa shape index (κ2) is 5.11. The Labute approximate surface area is 138 Å². The summed E-state index contributed by atoms with van der Waals surface area (Å²) in [6.07, 6.45) is 1.76. The molecule has 4 aromatic rings. The van der Waals surface area contributed by atoms with Crippen molar-refractivity contribution in [2.24, 2.45) is 0 Å². The summed E-state index contributed by atoms with van der Waals surface area (Å²) in [6, 6.07) is 7.54. The minimum Gasteiger partial charge on any atom is -0.369 e. The van der Waals surface area contributed by atoms with Crippen molar-refractivity contribution in [1.29, 1.82) is 5.26 Å². The van der Waals surface area contributed by atoms with Gasteiger partial charge in [-0.2, -0.15) is 9.66 Å². The van der Waals surface area contributed by atoms with Gasteiger partial charge >= 0.3 is 5.56 Å². The predicted molar refractivity (Wildman–Crippen MR) is 87.9 cm³/mol. The first-order chi connectivity index (χ1) is 11.6. The quantitative estimate of drug-likeness (QED) is 0.518. The Hall–Kier alpha value is -3.31. The minimum atomic E-state index is -0.410. The van der Waals surface area contributed by atoms with Crippen molar-refractivity contribution in [3.63, 3.8) is 0 Å². The van der Waals surface area contributed by atoms with Gasteiger partial charge in [-0.15, -0.1) is 0 Å². The third-order valence-corrected chi connectivity index (χ3v) is 4.51. The lowest BCUT2D eigenvalue weighted by molar-refractivity contribution is -0.482. The van der Waals surface area contributed by atoms with Crippen molar-refractivity contribution >= 4 is 33.1 Å². The van der Waals surface area contributed by atoms with E-state index in [1.54, 1.807) is 16.0 Å². The molecule has 0 bridgehead atoms. The maximum Gasteiger partial charge on any atom is 0.319 e. The number of rotatable bonds is 1. The highest BCUT2D eigenvalue weighted by molar-refractivity contribution is 7.14. The third-order valence-electron chi connectivity index (χ3n) is 3.73. The zero-order valence-electron chi connectivity index (χ0n) is 12.1. The number of aromatic amines is 1. The second-order valence-electron chi connectivity index (χ2n) is 5.10. The molecule has 4 rings (SSSR count). The molecule has 0 amide bonds. The SMILES string of the molecule is N#Cc1c(N)nc2c(c1-c1ccc(F)cc1)c(=O)[nH]c1scc[n+]12. The first-order valence-electron chi connectivity index (χ1n) is 6.90. The average molecular weight is 338 g/mol. The number of nitrogen functional groups attached to an aromatic ring is 1. The largest absolute Gasteiger partial charge is 0.369 e. The number of H-pyrrole nitrogens is 1. The summed E-state index contributed by atoms with van der Waals surface area (Å²) >= 11 is 1.35. The van der Waals surface area contributed by atoms with Gasteiger partial charge in [0, 0.05) is 10.9 Å². The number of nitriles is 1. The summed E-state index contributed by atoms with van der Waals surface area (Å²) < 4.78 is 15.0. The van der Waals surface area contributed by atoms with E-state index < -0.39 is 5.82 Å². The monoisotopic (exact) mass is 338 g/mol. The van der Waals surface area contributed by atoms with Crippen LogP contribution in [0.3, 0.4) is 0 Å². The first kappa shape index (κ1) is 14.3. The van der Waals surface area contributed by atoms with Gasteiger partial charge in [-0.25, -0.2) is 9.37 Å². The molecule has 0 saturated heterocycles. The molecular formula is C16H9FN5OS+. The van der Waals surface area contributed by atoms with Crippen molar-refractivity contribution in [1.82, 2.24) is 9.97 Å². The molecule has 3 N–H and O–H groups in total. The Kier molecular flexibility index (Phi) is 3.04. The molecule has 0 radical (unpaired) electrons. The Morgan fingerprint density at radius 2 is 2.08 bits per heavy atom. The van der Waals surface area contributed by atoms with E-state index in [0.29, 0.717) is 21.7 Å². The summed E-state index contributed by atoms with van der Waals surface area (Å²) in [5.41, 5.74) is 6.88. The van der Waals surface area contributed by atoms with Crippen LogP contribution in [0.1, 0.15) is 5.56 Å². The highest BCUT2D eigenvalue weighted by atomic mass is 32.1. The molecule has 24 heavy (non-hydrogen) atoms. The fraction of sp³-hybridized carbons (Fsp3) is 0. The summed E-state index contributed by atoms with van der Waals surface area (Å²) in [4.78, 5) is 20.2. The van der Waals surface area contributed by atoms with E-state index in [9.17, 15) is 14.4 Å². The molecule has 1 aromatic carbocycles. The van der Waals surface area contributed by atoms with E-state index in [1.165, 1.54) is 35.6 Å². The van der Waals surface area contributed by atoms with Crippen LogP contribution in [-0.4, -0.2) is 9.97 Å². The number of hydrogen-bond acceptors (Lipinski definition) is 5. The molecule has 116 valence electrons. The maximum absolute atomic E-state index is 13.3. The Morgan fingerprint density at radius 3 is 2.79 bits per heavy atom. The van der Waals surface area contributed by atoms with E-state index in [0.717, 1.165) is 0 Å². The molecule has 0 atom stereocenters. The molecule has 0 saturated carbocycles. The van der Waals surface area contributed by atoms with E-state index in [2.05, 4.69) is 9.97 Å². The van der Waals surface area contributed by atoms with Crippen LogP contribution >= 0.6 is 11.3 Å². The van der Waals surface area contributed by atoms with Crippen LogP contribution in [0.25, 0.3) is 27.1 Å². The van der Waals surface area contributed by atoms with Crippen LogP contribution in [0.4, 0.5) is 10.2 Å². The zero-order valence-corrected chi connectivity index (χ0v) is 12.9. The first-order valence-corrected chi connectivity index (χ1v) is 7.78. The Bertz CT molecular complexity index is 1200. The number of pyridine rings is 1. The number of hydrogen-bond donors (Lipinski definition) is 2. The van der Waals surface area contributed by atoms with Crippen molar-refractivity contribution in [2.75, 3.05) is 5.73 Å². The summed E-state index contributed by atoms with van der Waals surface area (Å²) in [5.74, 6) is -0.387. The van der Waals surface area contributed by atoms with Crippen LogP contribution in [0.15, 0.2) is 40.6 Å². The number of nitrogens with one attached hydrogen (secondary N) is 1. The van der Waals surface area contributed by atoms with E-state index in [1.807, 2.05) is 6.07 Å². The number of benzene rings is 1. The average Bonchev–Trinajstić information content (AvgIpc) is 3.03. The topological polar surface area (TPSA) is 99.7 Å². The van der Waals surface area contributed by atoms with Crippen LogP contribution in [-0.2, 0) is 0 Å². The van der Waals surface area contributed by atoms with Crippen molar-refractivity contribution in [3.05, 3.63) is 57.6 Å². The van der Waals surface area contributed by atoms with Gasteiger partial charge in [-0.1, -0.05) is 28.5 Å². The van der Waals surface area contributed by atoms with Gasteiger partial charge in [0.1, 0.15) is 22.8 Å².